The van der Waals surface area contributed by atoms with Crippen molar-refractivity contribution in [2.24, 2.45) is 0 Å². The van der Waals surface area contributed by atoms with E-state index in [1.165, 1.54) is 0 Å². The average Bonchev–Trinajstić information content (AvgIpc) is 2.35. The second kappa shape index (κ2) is 8.78. The highest BCUT2D eigenvalue weighted by molar-refractivity contribution is 8.00. The largest absolute Gasteiger partial charge is 0.465 e. The van der Waals surface area contributed by atoms with Gasteiger partial charge in [-0.2, -0.15) is 0 Å². The smallest absolute Gasteiger partial charge is 0.315 e. The van der Waals surface area contributed by atoms with Crippen molar-refractivity contribution >= 4 is 17.7 Å². The van der Waals surface area contributed by atoms with E-state index in [4.69, 9.17) is 9.47 Å². The van der Waals surface area contributed by atoms with E-state index in [-0.39, 0.29) is 5.97 Å². The second-order valence-electron chi connectivity index (χ2n) is 4.08. The van der Waals surface area contributed by atoms with E-state index < -0.39 is 0 Å². The van der Waals surface area contributed by atoms with Crippen LogP contribution in [0.1, 0.15) is 26.7 Å². The van der Waals surface area contributed by atoms with Gasteiger partial charge in [0.15, 0.2) is 0 Å². The number of carbonyl (C=O) groups excluding carboxylic acids is 1. The third-order valence-corrected chi connectivity index (χ3v) is 3.98. The molecule has 0 bridgehead atoms. The Balaban J connectivity index is 2.29. The average molecular weight is 261 g/mol. The highest BCUT2D eigenvalue weighted by Gasteiger charge is 2.26. The summed E-state index contributed by atoms with van der Waals surface area (Å²) in [5.74, 6) is 0.295. The van der Waals surface area contributed by atoms with Gasteiger partial charge >= 0.3 is 5.97 Å². The van der Waals surface area contributed by atoms with Gasteiger partial charge in [-0.3, -0.25) is 4.79 Å². The molecule has 100 valence electrons. The number of carbonyl (C=O) groups is 1. The van der Waals surface area contributed by atoms with Crippen molar-refractivity contribution in [2.75, 3.05) is 32.1 Å². The van der Waals surface area contributed by atoms with Crippen LogP contribution >= 0.6 is 11.8 Å². The van der Waals surface area contributed by atoms with Crippen LogP contribution < -0.4 is 5.32 Å². The fourth-order valence-electron chi connectivity index (χ4n) is 1.82. The van der Waals surface area contributed by atoms with Gasteiger partial charge in [-0.15, -0.1) is 11.8 Å². The first-order valence-corrected chi connectivity index (χ1v) is 7.41. The van der Waals surface area contributed by atoms with E-state index >= 15 is 0 Å². The lowest BCUT2D eigenvalue weighted by Gasteiger charge is -2.31. The zero-order valence-corrected chi connectivity index (χ0v) is 11.6. The van der Waals surface area contributed by atoms with Crippen LogP contribution in [-0.2, 0) is 14.3 Å². The molecule has 1 rings (SSSR count). The van der Waals surface area contributed by atoms with Crippen LogP contribution in [0.2, 0.25) is 0 Å². The fourth-order valence-corrected chi connectivity index (χ4v) is 2.91. The molecule has 5 heteroatoms. The lowest BCUT2D eigenvalue weighted by molar-refractivity contribution is -0.139. The molecule has 17 heavy (non-hydrogen) atoms. The SMILES string of the molecule is CCCNC1CCOCC1SCC(=O)OCC. The maximum atomic E-state index is 11.3. The molecule has 2 unspecified atom stereocenters. The molecule has 1 N–H and O–H groups in total. The van der Waals surface area contributed by atoms with Crippen LogP contribution in [0.3, 0.4) is 0 Å². The third kappa shape index (κ3) is 5.75. The van der Waals surface area contributed by atoms with E-state index in [1.54, 1.807) is 11.8 Å². The summed E-state index contributed by atoms with van der Waals surface area (Å²) in [6.45, 7) is 7.02. The van der Waals surface area contributed by atoms with Gasteiger partial charge in [0.1, 0.15) is 0 Å². The van der Waals surface area contributed by atoms with Crippen LogP contribution in [0.5, 0.6) is 0 Å². The quantitative estimate of drug-likeness (QED) is 0.703. The highest BCUT2D eigenvalue weighted by Crippen LogP contribution is 2.21. The number of hydrogen-bond acceptors (Lipinski definition) is 5. The summed E-state index contributed by atoms with van der Waals surface area (Å²) < 4.78 is 10.4. The normalized spacial score (nSPS) is 24.6. The number of hydrogen-bond donors (Lipinski definition) is 1. The molecule has 0 aromatic rings. The molecule has 1 aliphatic heterocycles. The topological polar surface area (TPSA) is 47.6 Å². The minimum Gasteiger partial charge on any atom is -0.465 e. The molecule has 2 atom stereocenters. The predicted octanol–water partition coefficient (Wildman–Crippen LogP) is 1.44. The molecular weight excluding hydrogens is 238 g/mol. The summed E-state index contributed by atoms with van der Waals surface area (Å²) in [4.78, 5) is 11.3. The zero-order chi connectivity index (χ0) is 12.5. The molecule has 0 spiro atoms. The fraction of sp³-hybridized carbons (Fsp3) is 0.917. The molecule has 0 aliphatic carbocycles. The minimum absolute atomic E-state index is 0.127. The maximum absolute atomic E-state index is 11.3. The highest BCUT2D eigenvalue weighted by atomic mass is 32.2. The summed E-state index contributed by atoms with van der Waals surface area (Å²) in [6.07, 6.45) is 2.16. The van der Waals surface area contributed by atoms with Crippen molar-refractivity contribution in [1.29, 1.82) is 0 Å². The Kier molecular flexibility index (Phi) is 7.64. The van der Waals surface area contributed by atoms with Crippen LogP contribution in [0, 0.1) is 0 Å². The van der Waals surface area contributed by atoms with Crippen LogP contribution in [-0.4, -0.2) is 49.4 Å². The van der Waals surface area contributed by atoms with Crippen LogP contribution in [0.15, 0.2) is 0 Å². The van der Waals surface area contributed by atoms with E-state index in [0.717, 1.165) is 32.6 Å². The number of nitrogens with one attached hydrogen (secondary N) is 1. The van der Waals surface area contributed by atoms with Crippen molar-refractivity contribution < 1.29 is 14.3 Å². The summed E-state index contributed by atoms with van der Waals surface area (Å²) in [7, 11) is 0. The number of rotatable bonds is 7. The Morgan fingerprint density at radius 3 is 3.06 bits per heavy atom. The van der Waals surface area contributed by atoms with Gasteiger partial charge in [-0.25, -0.2) is 0 Å². The molecular formula is C12H23NO3S. The number of ether oxygens (including phenoxy) is 2. The van der Waals surface area contributed by atoms with Crippen LogP contribution in [0.25, 0.3) is 0 Å². The summed E-state index contributed by atoms with van der Waals surface area (Å²) >= 11 is 1.64. The molecule has 1 aliphatic rings. The Morgan fingerprint density at radius 1 is 1.53 bits per heavy atom. The van der Waals surface area contributed by atoms with E-state index in [1.807, 2.05) is 6.92 Å². The minimum atomic E-state index is -0.127. The monoisotopic (exact) mass is 261 g/mol. The molecule has 0 radical (unpaired) electrons. The van der Waals surface area contributed by atoms with Gasteiger partial charge in [0.2, 0.25) is 0 Å². The molecule has 0 aromatic heterocycles. The van der Waals surface area contributed by atoms with Gasteiger partial charge in [-0.05, 0) is 26.3 Å². The first-order chi connectivity index (χ1) is 8.27. The molecule has 4 nitrogen and oxygen atoms in total. The Labute approximate surface area is 108 Å². The predicted molar refractivity (Wildman–Crippen MR) is 70.4 cm³/mol. The maximum Gasteiger partial charge on any atom is 0.315 e. The van der Waals surface area contributed by atoms with Gasteiger partial charge in [0, 0.05) is 17.9 Å². The molecule has 0 aromatic carbocycles. The van der Waals surface area contributed by atoms with Gasteiger partial charge in [-0.1, -0.05) is 6.92 Å². The number of thioether (sulfide) groups is 1. The lowest BCUT2D eigenvalue weighted by Crippen LogP contribution is -2.45. The van der Waals surface area contributed by atoms with Crippen molar-refractivity contribution in [2.45, 2.75) is 38.0 Å². The van der Waals surface area contributed by atoms with E-state index in [0.29, 0.717) is 23.7 Å². The first-order valence-electron chi connectivity index (χ1n) is 6.36. The molecule has 1 saturated heterocycles. The zero-order valence-electron chi connectivity index (χ0n) is 10.7. The summed E-state index contributed by atoms with van der Waals surface area (Å²) in [5.41, 5.74) is 0. The summed E-state index contributed by atoms with van der Waals surface area (Å²) in [6, 6.07) is 0.461. The van der Waals surface area contributed by atoms with E-state index in [9.17, 15) is 4.79 Å². The summed E-state index contributed by atoms with van der Waals surface area (Å²) in [5, 5.41) is 3.88. The molecule has 0 amide bonds. The Bertz CT molecular complexity index is 226. The van der Waals surface area contributed by atoms with Gasteiger partial charge in [0.05, 0.1) is 19.0 Å². The Morgan fingerprint density at radius 2 is 2.35 bits per heavy atom. The molecule has 0 saturated carbocycles. The van der Waals surface area contributed by atoms with Crippen molar-refractivity contribution in [3.05, 3.63) is 0 Å². The van der Waals surface area contributed by atoms with Gasteiger partial charge < -0.3 is 14.8 Å². The standard InChI is InChI=1S/C12H23NO3S/c1-3-6-13-10-5-7-15-8-11(10)17-9-12(14)16-4-2/h10-11,13H,3-9H2,1-2H3. The molecule has 1 heterocycles. The number of esters is 1. The van der Waals surface area contributed by atoms with Crippen molar-refractivity contribution in [3.8, 4) is 0 Å². The van der Waals surface area contributed by atoms with Gasteiger partial charge in [0.25, 0.3) is 0 Å². The van der Waals surface area contributed by atoms with E-state index in [2.05, 4.69) is 12.2 Å². The van der Waals surface area contributed by atoms with Crippen LogP contribution in [0.4, 0.5) is 0 Å². The van der Waals surface area contributed by atoms with Crippen molar-refractivity contribution in [3.63, 3.8) is 0 Å². The molecule has 1 fully saturated rings. The lowest BCUT2D eigenvalue weighted by atomic mass is 10.1. The second-order valence-corrected chi connectivity index (χ2v) is 5.31. The first kappa shape index (κ1) is 14.8. The third-order valence-electron chi connectivity index (χ3n) is 2.68. The Hall–Kier alpha value is -0.260. The van der Waals surface area contributed by atoms with Crippen molar-refractivity contribution in [1.82, 2.24) is 5.32 Å².